The number of carbonyl (C=O) groups is 1. The topological polar surface area (TPSA) is 63.4 Å². The van der Waals surface area contributed by atoms with Crippen LogP contribution in [0.15, 0.2) is 48.7 Å². The molecular formula is C22H20ClN5OS. The van der Waals surface area contributed by atoms with Crippen molar-refractivity contribution < 1.29 is 4.79 Å². The van der Waals surface area contributed by atoms with Crippen molar-refractivity contribution in [2.24, 2.45) is 0 Å². The molecule has 8 heteroatoms. The Bertz CT molecular complexity index is 1230. The Morgan fingerprint density at radius 3 is 2.67 bits per heavy atom. The van der Waals surface area contributed by atoms with Gasteiger partial charge < -0.3 is 4.90 Å². The van der Waals surface area contributed by atoms with E-state index in [1.165, 1.54) is 11.3 Å². The van der Waals surface area contributed by atoms with Gasteiger partial charge in [0.05, 0.1) is 10.7 Å². The maximum absolute atomic E-state index is 13.2. The zero-order chi connectivity index (χ0) is 20.7. The predicted molar refractivity (Wildman–Crippen MR) is 118 cm³/mol. The summed E-state index contributed by atoms with van der Waals surface area (Å²) in [6.07, 6.45) is 3.74. The van der Waals surface area contributed by atoms with Gasteiger partial charge in [0.1, 0.15) is 15.7 Å². The second-order valence-electron chi connectivity index (χ2n) is 7.47. The summed E-state index contributed by atoms with van der Waals surface area (Å²) in [5.74, 6) is 1.33. The fourth-order valence-electron chi connectivity index (χ4n) is 3.97. The van der Waals surface area contributed by atoms with E-state index < -0.39 is 0 Å². The van der Waals surface area contributed by atoms with Crippen LogP contribution in [0.25, 0.3) is 16.2 Å². The molecule has 0 atom stereocenters. The Kier molecular flexibility index (Phi) is 5.00. The highest BCUT2D eigenvalue weighted by Gasteiger charge is 2.29. The van der Waals surface area contributed by atoms with E-state index in [1.54, 1.807) is 0 Å². The number of likely N-dealkylation sites (tertiary alicyclic amines) is 1. The minimum Gasteiger partial charge on any atom is -0.338 e. The minimum atomic E-state index is 0.0489. The van der Waals surface area contributed by atoms with Gasteiger partial charge in [0, 0.05) is 30.8 Å². The number of aromatic nitrogens is 4. The Labute approximate surface area is 183 Å². The first kappa shape index (κ1) is 19.2. The van der Waals surface area contributed by atoms with Crippen molar-refractivity contribution in [3.05, 3.63) is 70.1 Å². The van der Waals surface area contributed by atoms with Gasteiger partial charge in [0.2, 0.25) is 0 Å². The first-order valence-electron chi connectivity index (χ1n) is 9.93. The molecule has 0 unspecified atom stereocenters. The standard InChI is InChI=1S/C22H20ClN5OS/c1-14-19(30-21(24-14)16-6-2-3-7-17(16)23)22(29)27-12-9-15(10-13-27)20-26-25-18-8-4-5-11-28(18)20/h2-8,11,15H,9-10,12-13H2,1H3. The monoisotopic (exact) mass is 437 g/mol. The van der Waals surface area contributed by atoms with Crippen LogP contribution in [0.2, 0.25) is 5.02 Å². The lowest BCUT2D eigenvalue weighted by Gasteiger charge is -2.31. The van der Waals surface area contributed by atoms with Crippen molar-refractivity contribution in [1.82, 2.24) is 24.5 Å². The summed E-state index contributed by atoms with van der Waals surface area (Å²) < 4.78 is 2.05. The molecule has 0 radical (unpaired) electrons. The molecule has 0 N–H and O–H groups in total. The van der Waals surface area contributed by atoms with Crippen LogP contribution in [0.5, 0.6) is 0 Å². The largest absolute Gasteiger partial charge is 0.338 e. The minimum absolute atomic E-state index is 0.0489. The fourth-order valence-corrected chi connectivity index (χ4v) is 5.32. The molecule has 1 aromatic carbocycles. The highest BCUT2D eigenvalue weighted by atomic mass is 35.5. The third-order valence-electron chi connectivity index (χ3n) is 5.58. The molecule has 0 aliphatic carbocycles. The van der Waals surface area contributed by atoms with E-state index >= 15 is 0 Å². The molecule has 1 fully saturated rings. The lowest BCUT2D eigenvalue weighted by atomic mass is 9.96. The van der Waals surface area contributed by atoms with Gasteiger partial charge in [0.15, 0.2) is 5.65 Å². The highest BCUT2D eigenvalue weighted by Crippen LogP contribution is 2.34. The van der Waals surface area contributed by atoms with Crippen LogP contribution in [0.3, 0.4) is 0 Å². The third kappa shape index (κ3) is 3.38. The molecule has 1 aliphatic heterocycles. The zero-order valence-corrected chi connectivity index (χ0v) is 18.0. The first-order chi connectivity index (χ1) is 14.6. The maximum atomic E-state index is 13.2. The quantitative estimate of drug-likeness (QED) is 0.460. The van der Waals surface area contributed by atoms with Crippen molar-refractivity contribution in [2.75, 3.05) is 13.1 Å². The van der Waals surface area contributed by atoms with Crippen molar-refractivity contribution in [3.63, 3.8) is 0 Å². The number of pyridine rings is 1. The number of hydrogen-bond acceptors (Lipinski definition) is 5. The molecule has 30 heavy (non-hydrogen) atoms. The molecule has 1 aliphatic rings. The number of aryl methyl sites for hydroxylation is 1. The number of thiazole rings is 1. The molecular weight excluding hydrogens is 418 g/mol. The van der Waals surface area contributed by atoms with E-state index in [-0.39, 0.29) is 5.91 Å². The summed E-state index contributed by atoms with van der Waals surface area (Å²) >= 11 is 7.73. The first-order valence-corrected chi connectivity index (χ1v) is 11.1. The number of halogens is 1. The third-order valence-corrected chi connectivity index (χ3v) is 7.09. The van der Waals surface area contributed by atoms with Gasteiger partial charge in [-0.2, -0.15) is 0 Å². The molecule has 0 saturated carbocycles. The lowest BCUT2D eigenvalue weighted by Crippen LogP contribution is -2.38. The van der Waals surface area contributed by atoms with E-state index in [1.807, 2.05) is 64.9 Å². The van der Waals surface area contributed by atoms with Crippen molar-refractivity contribution >= 4 is 34.5 Å². The molecule has 1 saturated heterocycles. The Morgan fingerprint density at radius 1 is 1.10 bits per heavy atom. The maximum Gasteiger partial charge on any atom is 0.265 e. The number of piperidine rings is 1. The van der Waals surface area contributed by atoms with Crippen LogP contribution in [-0.2, 0) is 0 Å². The Balaban J connectivity index is 1.32. The van der Waals surface area contributed by atoms with Crippen molar-refractivity contribution in [1.29, 1.82) is 0 Å². The van der Waals surface area contributed by atoms with E-state index in [0.29, 0.717) is 28.9 Å². The van der Waals surface area contributed by atoms with E-state index in [9.17, 15) is 4.79 Å². The molecule has 1 amide bonds. The van der Waals surface area contributed by atoms with Crippen LogP contribution in [0, 0.1) is 6.92 Å². The van der Waals surface area contributed by atoms with Gasteiger partial charge >= 0.3 is 0 Å². The molecule has 5 rings (SSSR count). The Morgan fingerprint density at radius 2 is 1.87 bits per heavy atom. The van der Waals surface area contributed by atoms with Crippen LogP contribution in [-0.4, -0.2) is 43.5 Å². The zero-order valence-electron chi connectivity index (χ0n) is 16.5. The van der Waals surface area contributed by atoms with Crippen molar-refractivity contribution in [3.8, 4) is 10.6 Å². The molecule has 4 heterocycles. The van der Waals surface area contributed by atoms with Gasteiger partial charge in [-0.1, -0.05) is 35.9 Å². The molecule has 0 bridgehead atoms. The SMILES string of the molecule is Cc1nc(-c2ccccc2Cl)sc1C(=O)N1CCC(c2nnc3ccccn23)CC1. The number of nitrogens with zero attached hydrogens (tertiary/aromatic N) is 5. The normalized spacial score (nSPS) is 15.1. The summed E-state index contributed by atoms with van der Waals surface area (Å²) in [4.78, 5) is 20.4. The molecule has 6 nitrogen and oxygen atoms in total. The lowest BCUT2D eigenvalue weighted by molar-refractivity contribution is 0.0715. The number of hydrogen-bond donors (Lipinski definition) is 0. The second-order valence-corrected chi connectivity index (χ2v) is 8.87. The number of fused-ring (bicyclic) bond motifs is 1. The van der Waals surface area contributed by atoms with E-state index in [0.717, 1.165) is 40.6 Å². The van der Waals surface area contributed by atoms with E-state index in [4.69, 9.17) is 11.6 Å². The van der Waals surface area contributed by atoms with Gasteiger partial charge in [-0.25, -0.2) is 4.98 Å². The van der Waals surface area contributed by atoms with Crippen LogP contribution in [0.1, 0.15) is 39.9 Å². The average Bonchev–Trinajstić information content (AvgIpc) is 3.37. The fraction of sp³-hybridized carbons (Fsp3) is 0.273. The smallest absolute Gasteiger partial charge is 0.265 e. The summed E-state index contributed by atoms with van der Waals surface area (Å²) in [7, 11) is 0. The van der Waals surface area contributed by atoms with Crippen LogP contribution in [0.4, 0.5) is 0 Å². The average molecular weight is 438 g/mol. The summed E-state index contributed by atoms with van der Waals surface area (Å²) in [6, 6.07) is 13.5. The predicted octanol–water partition coefficient (Wildman–Crippen LogP) is 4.83. The van der Waals surface area contributed by atoms with Crippen LogP contribution < -0.4 is 0 Å². The van der Waals surface area contributed by atoms with E-state index in [2.05, 4.69) is 15.2 Å². The van der Waals surface area contributed by atoms with Gasteiger partial charge in [-0.3, -0.25) is 9.20 Å². The second kappa shape index (κ2) is 7.81. The van der Waals surface area contributed by atoms with Gasteiger partial charge in [0.25, 0.3) is 5.91 Å². The van der Waals surface area contributed by atoms with Gasteiger partial charge in [-0.05, 0) is 38.0 Å². The number of benzene rings is 1. The summed E-state index contributed by atoms with van der Waals surface area (Å²) in [5.41, 5.74) is 2.48. The number of amides is 1. The van der Waals surface area contributed by atoms with Crippen LogP contribution >= 0.6 is 22.9 Å². The van der Waals surface area contributed by atoms with Crippen molar-refractivity contribution in [2.45, 2.75) is 25.7 Å². The summed E-state index contributed by atoms with van der Waals surface area (Å²) in [5, 5.41) is 10.1. The number of carbonyl (C=O) groups excluding carboxylic acids is 1. The molecule has 0 spiro atoms. The summed E-state index contributed by atoms with van der Waals surface area (Å²) in [6.45, 7) is 3.28. The Hall–Kier alpha value is -2.77. The molecule has 3 aromatic heterocycles. The molecule has 4 aromatic rings. The molecule has 152 valence electrons. The highest BCUT2D eigenvalue weighted by molar-refractivity contribution is 7.17. The number of rotatable bonds is 3. The van der Waals surface area contributed by atoms with Gasteiger partial charge in [-0.15, -0.1) is 21.5 Å².